The van der Waals surface area contributed by atoms with Gasteiger partial charge < -0.3 is 10.8 Å². The van der Waals surface area contributed by atoms with Crippen molar-refractivity contribution in [1.82, 2.24) is 4.72 Å². The lowest BCUT2D eigenvalue weighted by atomic mass is 10.3. The first-order chi connectivity index (χ1) is 7.47. The number of sulfonamides is 1. The molecule has 0 spiro atoms. The SMILES string of the molecule is CC#CCNS(=O)(=O)c1ccc(O)c(N)c1. The third-order valence-corrected chi connectivity index (χ3v) is 3.24. The summed E-state index contributed by atoms with van der Waals surface area (Å²) in [7, 11) is -3.62. The molecule has 6 heteroatoms. The summed E-state index contributed by atoms with van der Waals surface area (Å²) in [5.41, 5.74) is 5.42. The lowest BCUT2D eigenvalue weighted by molar-refractivity contribution is 0.477. The van der Waals surface area contributed by atoms with Crippen LogP contribution in [0.25, 0.3) is 0 Å². The van der Waals surface area contributed by atoms with Crippen LogP contribution in [0.5, 0.6) is 5.75 Å². The van der Waals surface area contributed by atoms with Crippen LogP contribution < -0.4 is 10.5 Å². The number of nitrogen functional groups attached to an aromatic ring is 1. The van der Waals surface area contributed by atoms with Gasteiger partial charge in [0, 0.05) is 0 Å². The molecule has 1 aromatic carbocycles. The van der Waals surface area contributed by atoms with Gasteiger partial charge in [-0.3, -0.25) is 0 Å². The first-order valence-electron chi connectivity index (χ1n) is 4.45. The average Bonchev–Trinajstić information content (AvgIpc) is 2.22. The van der Waals surface area contributed by atoms with Crippen molar-refractivity contribution >= 4 is 15.7 Å². The Bertz CT molecular complexity index is 541. The highest BCUT2D eigenvalue weighted by Crippen LogP contribution is 2.22. The Morgan fingerprint density at radius 2 is 2.19 bits per heavy atom. The molecule has 0 saturated heterocycles. The van der Waals surface area contributed by atoms with Crippen molar-refractivity contribution in [1.29, 1.82) is 0 Å². The van der Waals surface area contributed by atoms with Gasteiger partial charge in [0.15, 0.2) is 0 Å². The number of anilines is 1. The topological polar surface area (TPSA) is 92.4 Å². The molecule has 1 rings (SSSR count). The van der Waals surface area contributed by atoms with Crippen molar-refractivity contribution in [2.45, 2.75) is 11.8 Å². The number of nitrogens with two attached hydrogens (primary N) is 1. The maximum absolute atomic E-state index is 11.7. The Morgan fingerprint density at radius 1 is 1.50 bits per heavy atom. The van der Waals surface area contributed by atoms with Crippen LogP contribution in [-0.2, 0) is 10.0 Å². The van der Waals surface area contributed by atoms with Gasteiger partial charge in [-0.1, -0.05) is 5.92 Å². The van der Waals surface area contributed by atoms with Gasteiger partial charge in [-0.05, 0) is 25.1 Å². The summed E-state index contributed by atoms with van der Waals surface area (Å²) in [5, 5.41) is 9.16. The highest BCUT2D eigenvalue weighted by molar-refractivity contribution is 7.89. The Morgan fingerprint density at radius 3 is 2.75 bits per heavy atom. The number of nitrogens with one attached hydrogen (secondary N) is 1. The zero-order valence-corrected chi connectivity index (χ0v) is 9.50. The predicted octanol–water partition coefficient (Wildman–Crippen LogP) is 0.276. The second kappa shape index (κ2) is 4.88. The zero-order valence-electron chi connectivity index (χ0n) is 8.69. The summed E-state index contributed by atoms with van der Waals surface area (Å²) in [6.07, 6.45) is 0. The summed E-state index contributed by atoms with van der Waals surface area (Å²) < 4.78 is 25.6. The van der Waals surface area contributed by atoms with Crippen molar-refractivity contribution < 1.29 is 13.5 Å². The van der Waals surface area contributed by atoms with Crippen molar-refractivity contribution in [2.75, 3.05) is 12.3 Å². The van der Waals surface area contributed by atoms with Crippen LogP contribution in [0, 0.1) is 11.8 Å². The number of phenols is 1. The van der Waals surface area contributed by atoms with Gasteiger partial charge >= 0.3 is 0 Å². The Labute approximate surface area is 94.3 Å². The number of hydrogen-bond acceptors (Lipinski definition) is 4. The number of aromatic hydroxyl groups is 1. The molecule has 4 N–H and O–H groups in total. The van der Waals surface area contributed by atoms with Crippen LogP contribution in [0.3, 0.4) is 0 Å². The van der Waals surface area contributed by atoms with Crippen LogP contribution in [0.4, 0.5) is 5.69 Å². The van der Waals surface area contributed by atoms with E-state index in [1.54, 1.807) is 6.92 Å². The van der Waals surface area contributed by atoms with Gasteiger partial charge in [0.05, 0.1) is 17.1 Å². The second-order valence-corrected chi connectivity index (χ2v) is 4.74. The molecule has 0 atom stereocenters. The summed E-state index contributed by atoms with van der Waals surface area (Å²) in [5.74, 6) is 5.00. The second-order valence-electron chi connectivity index (χ2n) is 2.97. The quantitative estimate of drug-likeness (QED) is 0.402. The number of rotatable bonds is 3. The summed E-state index contributed by atoms with van der Waals surface area (Å²) in [6.45, 7) is 1.66. The minimum Gasteiger partial charge on any atom is -0.506 e. The molecule has 86 valence electrons. The van der Waals surface area contributed by atoms with E-state index < -0.39 is 10.0 Å². The normalized spacial score (nSPS) is 10.6. The monoisotopic (exact) mass is 240 g/mol. The van der Waals surface area contributed by atoms with Crippen molar-refractivity contribution in [3.05, 3.63) is 18.2 Å². The van der Waals surface area contributed by atoms with Gasteiger partial charge in [0.1, 0.15) is 5.75 Å². The van der Waals surface area contributed by atoms with E-state index in [2.05, 4.69) is 16.6 Å². The van der Waals surface area contributed by atoms with E-state index in [1.165, 1.54) is 18.2 Å². The molecule has 0 aliphatic carbocycles. The van der Waals surface area contributed by atoms with Crippen LogP contribution in [0.15, 0.2) is 23.1 Å². The minimum absolute atomic E-state index is 0.000651. The van der Waals surface area contributed by atoms with Gasteiger partial charge in [-0.15, -0.1) is 5.92 Å². The summed E-state index contributed by atoms with van der Waals surface area (Å²) in [4.78, 5) is 0.000651. The molecule has 0 amide bonds. The molecule has 1 aromatic rings. The smallest absolute Gasteiger partial charge is 0.241 e. The van der Waals surface area contributed by atoms with E-state index >= 15 is 0 Å². The third-order valence-electron chi connectivity index (χ3n) is 1.84. The third kappa shape index (κ3) is 2.89. The van der Waals surface area contributed by atoms with Crippen LogP contribution >= 0.6 is 0 Å². The Balaban J connectivity index is 2.97. The van der Waals surface area contributed by atoms with Gasteiger partial charge in [0.2, 0.25) is 10.0 Å². The molecular formula is C10H12N2O3S. The molecule has 0 bridgehead atoms. The summed E-state index contributed by atoms with van der Waals surface area (Å²) in [6, 6.07) is 3.69. The molecule has 0 saturated carbocycles. The molecule has 0 radical (unpaired) electrons. The number of phenolic OH excluding ortho intramolecular Hbond substituents is 1. The molecule has 0 fully saturated rings. The van der Waals surface area contributed by atoms with Gasteiger partial charge in [-0.25, -0.2) is 8.42 Å². The van der Waals surface area contributed by atoms with Gasteiger partial charge in [0.25, 0.3) is 0 Å². The van der Waals surface area contributed by atoms with E-state index in [9.17, 15) is 8.42 Å². The lowest BCUT2D eigenvalue weighted by Gasteiger charge is -2.05. The molecule has 0 unspecified atom stereocenters. The molecule has 16 heavy (non-hydrogen) atoms. The molecule has 5 nitrogen and oxygen atoms in total. The minimum atomic E-state index is -3.62. The largest absolute Gasteiger partial charge is 0.506 e. The fourth-order valence-corrected chi connectivity index (χ4v) is 1.96. The maximum atomic E-state index is 11.7. The molecule has 0 aliphatic rings. The van der Waals surface area contributed by atoms with E-state index in [1.807, 2.05) is 0 Å². The van der Waals surface area contributed by atoms with E-state index in [0.29, 0.717) is 0 Å². The highest BCUT2D eigenvalue weighted by atomic mass is 32.2. The number of hydrogen-bond donors (Lipinski definition) is 3. The molecular weight excluding hydrogens is 228 g/mol. The fraction of sp³-hybridized carbons (Fsp3) is 0.200. The zero-order chi connectivity index (χ0) is 12.2. The standard InChI is InChI=1S/C10H12N2O3S/c1-2-3-6-12-16(14,15)8-4-5-10(13)9(11)7-8/h4-5,7,12-13H,6,11H2,1H3. The first-order valence-corrected chi connectivity index (χ1v) is 5.93. The highest BCUT2D eigenvalue weighted by Gasteiger charge is 2.13. The average molecular weight is 240 g/mol. The molecule has 0 heterocycles. The predicted molar refractivity (Wildman–Crippen MR) is 61.2 cm³/mol. The van der Waals surface area contributed by atoms with Crippen molar-refractivity contribution in [2.24, 2.45) is 0 Å². The van der Waals surface area contributed by atoms with Crippen LogP contribution in [0.2, 0.25) is 0 Å². The van der Waals surface area contributed by atoms with Crippen molar-refractivity contribution in [3.8, 4) is 17.6 Å². The molecule has 0 aromatic heterocycles. The van der Waals surface area contributed by atoms with Crippen molar-refractivity contribution in [3.63, 3.8) is 0 Å². The van der Waals surface area contributed by atoms with E-state index in [0.717, 1.165) is 0 Å². The van der Waals surface area contributed by atoms with E-state index in [-0.39, 0.29) is 22.9 Å². The maximum Gasteiger partial charge on any atom is 0.241 e. The fourth-order valence-electron chi connectivity index (χ4n) is 1.00. The Kier molecular flexibility index (Phi) is 3.77. The van der Waals surface area contributed by atoms with Crippen LogP contribution in [0.1, 0.15) is 6.92 Å². The van der Waals surface area contributed by atoms with Gasteiger partial charge in [-0.2, -0.15) is 4.72 Å². The van der Waals surface area contributed by atoms with E-state index in [4.69, 9.17) is 10.8 Å². The number of benzene rings is 1. The lowest BCUT2D eigenvalue weighted by Crippen LogP contribution is -2.24. The molecule has 0 aliphatic heterocycles. The van der Waals surface area contributed by atoms with Crippen LogP contribution in [-0.4, -0.2) is 20.1 Å². The first kappa shape index (κ1) is 12.4. The summed E-state index contributed by atoms with van der Waals surface area (Å²) >= 11 is 0. The Hall–Kier alpha value is -1.71.